The van der Waals surface area contributed by atoms with Crippen molar-refractivity contribution in [1.82, 2.24) is 20.2 Å². The van der Waals surface area contributed by atoms with Crippen LogP contribution in [0.15, 0.2) is 48.8 Å². The minimum absolute atomic E-state index is 0.510. The van der Waals surface area contributed by atoms with E-state index in [4.69, 9.17) is 5.11 Å². The zero-order valence-corrected chi connectivity index (χ0v) is 13.8. The van der Waals surface area contributed by atoms with Crippen molar-refractivity contribution in [2.24, 2.45) is 0 Å². The quantitative estimate of drug-likeness (QED) is 0.656. The summed E-state index contributed by atoms with van der Waals surface area (Å²) in [5.41, 5.74) is 2.09. The summed E-state index contributed by atoms with van der Waals surface area (Å²) in [4.78, 5) is 21.5. The lowest BCUT2D eigenvalue weighted by molar-refractivity contribution is 0.194. The average Bonchev–Trinajstić information content (AvgIpc) is 2.59. The predicted octanol–water partition coefficient (Wildman–Crippen LogP) is 2.92. The van der Waals surface area contributed by atoms with Gasteiger partial charge in [0.15, 0.2) is 0 Å². The van der Waals surface area contributed by atoms with Crippen LogP contribution in [-0.4, -0.2) is 39.2 Å². The van der Waals surface area contributed by atoms with Crippen molar-refractivity contribution in [2.75, 3.05) is 13.1 Å². The minimum Gasteiger partial charge on any atom is -0.465 e. The molecule has 0 aliphatic rings. The Morgan fingerprint density at radius 1 is 0.958 bits per heavy atom. The van der Waals surface area contributed by atoms with Crippen LogP contribution >= 0.6 is 0 Å². The Balaban J connectivity index is 1.82. The van der Waals surface area contributed by atoms with Crippen LogP contribution < -0.4 is 5.32 Å². The third-order valence-electron chi connectivity index (χ3n) is 3.65. The van der Waals surface area contributed by atoms with Gasteiger partial charge in [-0.15, -0.1) is 0 Å². The van der Waals surface area contributed by atoms with Crippen LogP contribution in [0.3, 0.4) is 0 Å². The molecule has 2 aromatic heterocycles. The number of rotatable bonds is 10. The minimum atomic E-state index is -0.957. The summed E-state index contributed by atoms with van der Waals surface area (Å²) in [6, 6.07) is 11.9. The van der Waals surface area contributed by atoms with Gasteiger partial charge in [0.2, 0.25) is 0 Å². The molecule has 2 N–H and O–H groups in total. The number of carboxylic acid groups (broad SMARTS) is 1. The molecule has 0 fully saturated rings. The second kappa shape index (κ2) is 10.3. The average molecular weight is 328 g/mol. The molecule has 0 spiro atoms. The molecule has 2 rings (SSSR count). The number of unbranched alkanes of at least 4 members (excludes halogenated alkanes) is 2. The van der Waals surface area contributed by atoms with Gasteiger partial charge in [-0.3, -0.25) is 14.9 Å². The number of carbonyl (C=O) groups is 1. The number of pyridine rings is 2. The molecule has 2 aromatic rings. The first-order valence-corrected chi connectivity index (χ1v) is 8.23. The van der Waals surface area contributed by atoms with Crippen LogP contribution in [0.2, 0.25) is 0 Å². The fraction of sp³-hybridized carbons (Fsp3) is 0.389. The van der Waals surface area contributed by atoms with Gasteiger partial charge in [-0.1, -0.05) is 18.6 Å². The Morgan fingerprint density at radius 2 is 1.58 bits per heavy atom. The molecule has 128 valence electrons. The van der Waals surface area contributed by atoms with E-state index in [1.807, 2.05) is 48.8 Å². The highest BCUT2D eigenvalue weighted by Crippen LogP contribution is 2.09. The normalized spacial score (nSPS) is 10.7. The molecule has 0 saturated carbocycles. The van der Waals surface area contributed by atoms with Gasteiger partial charge in [0.25, 0.3) is 0 Å². The van der Waals surface area contributed by atoms with Crippen molar-refractivity contribution in [2.45, 2.75) is 32.4 Å². The molecule has 0 bridgehead atoms. The summed E-state index contributed by atoms with van der Waals surface area (Å²) in [6.07, 6.45) is 5.52. The van der Waals surface area contributed by atoms with Gasteiger partial charge in [-0.2, -0.15) is 0 Å². The maximum atomic E-state index is 10.4. The maximum absolute atomic E-state index is 10.4. The van der Waals surface area contributed by atoms with Crippen LogP contribution in [-0.2, 0) is 13.1 Å². The lowest BCUT2D eigenvalue weighted by Gasteiger charge is -2.21. The highest BCUT2D eigenvalue weighted by atomic mass is 16.4. The molecule has 0 aliphatic heterocycles. The van der Waals surface area contributed by atoms with Gasteiger partial charge in [0.05, 0.1) is 11.4 Å². The molecule has 0 aromatic carbocycles. The highest BCUT2D eigenvalue weighted by molar-refractivity contribution is 5.64. The van der Waals surface area contributed by atoms with Crippen LogP contribution in [0.5, 0.6) is 0 Å². The van der Waals surface area contributed by atoms with E-state index in [2.05, 4.69) is 20.2 Å². The molecule has 6 nitrogen and oxygen atoms in total. The molecule has 24 heavy (non-hydrogen) atoms. The van der Waals surface area contributed by atoms with Gasteiger partial charge in [0.1, 0.15) is 0 Å². The van der Waals surface area contributed by atoms with Gasteiger partial charge in [-0.25, -0.2) is 4.79 Å². The van der Waals surface area contributed by atoms with Crippen molar-refractivity contribution in [3.8, 4) is 0 Å². The van der Waals surface area contributed by atoms with E-state index in [9.17, 15) is 4.79 Å². The second-order valence-electron chi connectivity index (χ2n) is 5.65. The van der Waals surface area contributed by atoms with Crippen LogP contribution in [0.1, 0.15) is 30.7 Å². The zero-order chi connectivity index (χ0) is 17.0. The van der Waals surface area contributed by atoms with Gasteiger partial charge in [0, 0.05) is 32.0 Å². The molecule has 0 radical (unpaired) electrons. The molecule has 2 heterocycles. The number of aromatic nitrogens is 2. The zero-order valence-electron chi connectivity index (χ0n) is 13.8. The van der Waals surface area contributed by atoms with E-state index >= 15 is 0 Å². The number of hydrogen-bond donors (Lipinski definition) is 2. The van der Waals surface area contributed by atoms with Crippen molar-refractivity contribution in [3.05, 3.63) is 60.2 Å². The van der Waals surface area contributed by atoms with E-state index in [0.29, 0.717) is 6.54 Å². The Labute approximate surface area is 142 Å². The van der Waals surface area contributed by atoms with Crippen molar-refractivity contribution >= 4 is 6.09 Å². The molecule has 1 amide bonds. The lowest BCUT2D eigenvalue weighted by atomic mass is 10.2. The van der Waals surface area contributed by atoms with Crippen LogP contribution in [0.4, 0.5) is 4.79 Å². The predicted molar refractivity (Wildman–Crippen MR) is 92.5 cm³/mol. The maximum Gasteiger partial charge on any atom is 0.404 e. The van der Waals surface area contributed by atoms with E-state index in [0.717, 1.165) is 50.3 Å². The molecule has 0 atom stereocenters. The van der Waals surface area contributed by atoms with Gasteiger partial charge in [-0.05, 0) is 43.7 Å². The monoisotopic (exact) mass is 328 g/mol. The number of nitrogens with zero attached hydrogens (tertiary/aromatic N) is 3. The van der Waals surface area contributed by atoms with E-state index in [1.165, 1.54) is 0 Å². The summed E-state index contributed by atoms with van der Waals surface area (Å²) in [6.45, 7) is 3.01. The summed E-state index contributed by atoms with van der Waals surface area (Å²) in [5, 5.41) is 10.9. The first-order valence-electron chi connectivity index (χ1n) is 8.23. The molecule has 6 heteroatoms. The SMILES string of the molecule is O=C(O)NCCCCCN(Cc1ccccn1)Cc1ccccn1. The third kappa shape index (κ3) is 7.19. The topological polar surface area (TPSA) is 78.4 Å². The largest absolute Gasteiger partial charge is 0.465 e. The van der Waals surface area contributed by atoms with Crippen molar-refractivity contribution < 1.29 is 9.90 Å². The summed E-state index contributed by atoms with van der Waals surface area (Å²) < 4.78 is 0. The second-order valence-corrected chi connectivity index (χ2v) is 5.65. The fourth-order valence-electron chi connectivity index (χ4n) is 2.49. The van der Waals surface area contributed by atoms with Crippen molar-refractivity contribution in [3.63, 3.8) is 0 Å². The standard InChI is InChI=1S/C18H24N4O2/c23-18(24)21-12-4-1-7-13-22(14-16-8-2-5-10-19-16)15-17-9-3-6-11-20-17/h2-3,5-6,8-11,21H,1,4,7,12-15H2,(H,23,24). The third-order valence-corrected chi connectivity index (χ3v) is 3.65. The van der Waals surface area contributed by atoms with E-state index < -0.39 is 6.09 Å². The van der Waals surface area contributed by atoms with E-state index in [-0.39, 0.29) is 0 Å². The Morgan fingerprint density at radius 3 is 2.08 bits per heavy atom. The smallest absolute Gasteiger partial charge is 0.404 e. The first kappa shape index (κ1) is 17.9. The number of hydrogen-bond acceptors (Lipinski definition) is 4. The van der Waals surface area contributed by atoms with Gasteiger partial charge >= 0.3 is 6.09 Å². The van der Waals surface area contributed by atoms with Crippen LogP contribution in [0.25, 0.3) is 0 Å². The van der Waals surface area contributed by atoms with Crippen molar-refractivity contribution in [1.29, 1.82) is 0 Å². The summed E-state index contributed by atoms with van der Waals surface area (Å²) >= 11 is 0. The highest BCUT2D eigenvalue weighted by Gasteiger charge is 2.08. The van der Waals surface area contributed by atoms with E-state index in [1.54, 1.807) is 0 Å². The molecule has 0 unspecified atom stereocenters. The summed E-state index contributed by atoms with van der Waals surface area (Å²) in [7, 11) is 0. The number of amides is 1. The first-order chi connectivity index (χ1) is 11.7. The Kier molecular flexibility index (Phi) is 7.70. The number of nitrogens with one attached hydrogen (secondary N) is 1. The fourth-order valence-corrected chi connectivity index (χ4v) is 2.49. The Bertz CT molecular complexity index is 551. The molecular formula is C18H24N4O2. The van der Waals surface area contributed by atoms with Gasteiger partial charge < -0.3 is 10.4 Å². The lowest BCUT2D eigenvalue weighted by Crippen LogP contribution is -2.25. The van der Waals surface area contributed by atoms with Crippen LogP contribution in [0, 0.1) is 0 Å². The molecule has 0 aliphatic carbocycles. The Hall–Kier alpha value is -2.47. The molecular weight excluding hydrogens is 304 g/mol. The molecule has 0 saturated heterocycles. The summed E-state index contributed by atoms with van der Waals surface area (Å²) in [5.74, 6) is 0.